The van der Waals surface area contributed by atoms with Crippen molar-refractivity contribution in [3.63, 3.8) is 0 Å². The standard InChI is InChI=1S/C19H23BCl2O7/c1-5-12(23)8-11-6-10-7-13(21)15(22)14(16(10)29-20(11)26)17(24)27-9-28-18(25)19(2,3)4/h7,11,26H,5-6,8-9H2,1-4H3/t11-/m1/s1. The van der Waals surface area contributed by atoms with Crippen LogP contribution in [-0.4, -0.2) is 36.7 Å². The lowest BCUT2D eigenvalue weighted by Crippen LogP contribution is -2.36. The number of benzene rings is 1. The predicted molar refractivity (Wildman–Crippen MR) is 108 cm³/mol. The molecular formula is C19H23BCl2O7. The lowest BCUT2D eigenvalue weighted by molar-refractivity contribution is -0.161. The first-order chi connectivity index (χ1) is 13.5. The summed E-state index contributed by atoms with van der Waals surface area (Å²) in [5, 5.41) is 10.3. The zero-order chi connectivity index (χ0) is 21.9. The molecule has 0 saturated heterocycles. The summed E-state index contributed by atoms with van der Waals surface area (Å²) in [5.41, 5.74) is -0.394. The van der Waals surface area contributed by atoms with Gasteiger partial charge in [-0.1, -0.05) is 30.1 Å². The van der Waals surface area contributed by atoms with Crippen LogP contribution in [0.1, 0.15) is 56.5 Å². The van der Waals surface area contributed by atoms with Gasteiger partial charge in [0.2, 0.25) is 6.79 Å². The molecule has 1 aliphatic heterocycles. The van der Waals surface area contributed by atoms with Gasteiger partial charge in [-0.15, -0.1) is 0 Å². The molecule has 0 amide bonds. The maximum Gasteiger partial charge on any atom is 0.526 e. The van der Waals surface area contributed by atoms with E-state index in [1.807, 2.05) is 0 Å². The van der Waals surface area contributed by atoms with Crippen molar-refractivity contribution in [2.45, 2.75) is 52.8 Å². The van der Waals surface area contributed by atoms with Crippen LogP contribution in [0.25, 0.3) is 0 Å². The average Bonchev–Trinajstić information content (AvgIpc) is 2.63. The van der Waals surface area contributed by atoms with Gasteiger partial charge in [0.1, 0.15) is 17.1 Å². The Morgan fingerprint density at radius 3 is 2.52 bits per heavy atom. The zero-order valence-corrected chi connectivity index (χ0v) is 18.2. The highest BCUT2D eigenvalue weighted by atomic mass is 35.5. The number of hydrogen-bond acceptors (Lipinski definition) is 7. The molecule has 2 rings (SSSR count). The fraction of sp³-hybridized carbons (Fsp3) is 0.526. The minimum Gasteiger partial charge on any atom is -0.535 e. The lowest BCUT2D eigenvalue weighted by Gasteiger charge is -2.29. The fourth-order valence-electron chi connectivity index (χ4n) is 2.77. The second kappa shape index (κ2) is 9.37. The van der Waals surface area contributed by atoms with Crippen molar-refractivity contribution < 1.29 is 33.5 Å². The molecule has 0 aliphatic carbocycles. The Kier molecular flexibility index (Phi) is 7.59. The second-order valence-electron chi connectivity index (χ2n) is 7.84. The highest BCUT2D eigenvalue weighted by Crippen LogP contribution is 2.42. The molecule has 1 atom stereocenters. The zero-order valence-electron chi connectivity index (χ0n) is 16.7. The number of esters is 2. The Balaban J connectivity index is 2.22. The van der Waals surface area contributed by atoms with E-state index in [0.29, 0.717) is 12.0 Å². The summed E-state index contributed by atoms with van der Waals surface area (Å²) in [6.45, 7) is 6.12. The molecule has 158 valence electrons. The van der Waals surface area contributed by atoms with E-state index >= 15 is 0 Å². The van der Waals surface area contributed by atoms with E-state index in [1.165, 1.54) is 6.07 Å². The molecule has 0 fully saturated rings. The molecule has 0 unspecified atom stereocenters. The van der Waals surface area contributed by atoms with Gasteiger partial charge in [-0.2, -0.15) is 0 Å². The number of ketones is 1. The number of halogens is 2. The third-order valence-corrected chi connectivity index (χ3v) is 5.24. The van der Waals surface area contributed by atoms with Crippen molar-refractivity contribution in [1.82, 2.24) is 0 Å². The minimum atomic E-state index is -1.29. The van der Waals surface area contributed by atoms with Crippen LogP contribution in [0, 0.1) is 5.41 Å². The first-order valence-electron chi connectivity index (χ1n) is 9.17. The van der Waals surface area contributed by atoms with Crippen molar-refractivity contribution in [2.75, 3.05) is 6.79 Å². The van der Waals surface area contributed by atoms with Gasteiger partial charge in [0.25, 0.3) is 0 Å². The van der Waals surface area contributed by atoms with Crippen molar-refractivity contribution in [3.8, 4) is 5.75 Å². The van der Waals surface area contributed by atoms with Gasteiger partial charge in [0, 0.05) is 18.7 Å². The van der Waals surface area contributed by atoms with Gasteiger partial charge in [0.05, 0.1) is 15.5 Å². The number of fused-ring (bicyclic) bond motifs is 1. The highest BCUT2D eigenvalue weighted by Gasteiger charge is 2.39. The SMILES string of the molecule is CCC(=O)C[C@H]1Cc2cc(Cl)c(Cl)c(C(=O)OCOC(=O)C(C)(C)C)c2OB1O. The molecule has 0 radical (unpaired) electrons. The molecule has 0 aromatic heterocycles. The van der Waals surface area contributed by atoms with E-state index in [2.05, 4.69) is 0 Å². The van der Waals surface area contributed by atoms with E-state index in [0.717, 1.165) is 0 Å². The largest absolute Gasteiger partial charge is 0.535 e. The van der Waals surface area contributed by atoms with Crippen LogP contribution in [0.15, 0.2) is 6.07 Å². The Labute approximate surface area is 179 Å². The van der Waals surface area contributed by atoms with Crippen LogP contribution in [0.3, 0.4) is 0 Å². The Morgan fingerprint density at radius 2 is 1.93 bits per heavy atom. The van der Waals surface area contributed by atoms with Crippen molar-refractivity contribution >= 4 is 48.0 Å². The number of carbonyl (C=O) groups is 3. The third kappa shape index (κ3) is 5.65. The molecule has 0 bridgehead atoms. The molecule has 1 N–H and O–H groups in total. The Morgan fingerprint density at radius 1 is 1.28 bits per heavy atom. The minimum absolute atomic E-state index is 0.0125. The van der Waals surface area contributed by atoms with E-state index in [-0.39, 0.29) is 40.0 Å². The summed E-state index contributed by atoms with van der Waals surface area (Å²) in [6.07, 6.45) is 0.765. The van der Waals surface area contributed by atoms with E-state index in [4.69, 9.17) is 37.3 Å². The quantitative estimate of drug-likeness (QED) is 0.404. The predicted octanol–water partition coefficient (Wildman–Crippen LogP) is 3.85. The number of ether oxygens (including phenoxy) is 2. The van der Waals surface area contributed by atoms with Crippen LogP contribution in [0.2, 0.25) is 15.9 Å². The molecule has 0 saturated carbocycles. The van der Waals surface area contributed by atoms with E-state index in [9.17, 15) is 19.4 Å². The summed E-state index contributed by atoms with van der Waals surface area (Å²) < 4.78 is 15.4. The highest BCUT2D eigenvalue weighted by molar-refractivity contribution is 6.48. The average molecular weight is 445 g/mol. The molecule has 1 heterocycles. The Hall–Kier alpha value is -1.77. The maximum absolute atomic E-state index is 12.6. The van der Waals surface area contributed by atoms with Gasteiger partial charge in [-0.05, 0) is 38.8 Å². The van der Waals surface area contributed by atoms with Crippen LogP contribution >= 0.6 is 23.2 Å². The topological polar surface area (TPSA) is 99.1 Å². The number of Topliss-reactive ketones (excluding diaryl/α,β-unsaturated/α-hetero) is 1. The van der Waals surface area contributed by atoms with Crippen LogP contribution in [-0.2, 0) is 25.5 Å². The molecule has 29 heavy (non-hydrogen) atoms. The van der Waals surface area contributed by atoms with Gasteiger partial charge in [0.15, 0.2) is 0 Å². The lowest BCUT2D eigenvalue weighted by atomic mass is 9.64. The number of carbonyl (C=O) groups excluding carboxylic acids is 3. The van der Waals surface area contributed by atoms with Gasteiger partial charge in [-0.3, -0.25) is 9.59 Å². The molecule has 1 aliphatic rings. The monoisotopic (exact) mass is 444 g/mol. The van der Waals surface area contributed by atoms with Gasteiger partial charge < -0.3 is 19.2 Å². The first kappa shape index (κ1) is 23.5. The summed E-state index contributed by atoms with van der Waals surface area (Å²) in [6, 6.07) is 1.53. The van der Waals surface area contributed by atoms with Gasteiger partial charge in [-0.25, -0.2) is 4.79 Å². The molecule has 0 spiro atoms. The molecular weight excluding hydrogens is 422 g/mol. The smallest absolute Gasteiger partial charge is 0.526 e. The van der Waals surface area contributed by atoms with E-state index in [1.54, 1.807) is 27.7 Å². The number of rotatable bonds is 6. The normalized spacial score (nSPS) is 16.0. The third-order valence-electron chi connectivity index (χ3n) is 4.45. The molecule has 1 aromatic rings. The molecule has 10 heteroatoms. The van der Waals surface area contributed by atoms with Crippen molar-refractivity contribution in [2.24, 2.45) is 5.41 Å². The van der Waals surface area contributed by atoms with Crippen LogP contribution in [0.4, 0.5) is 0 Å². The summed E-state index contributed by atoms with van der Waals surface area (Å²) in [4.78, 5) is 36.1. The fourth-order valence-corrected chi connectivity index (χ4v) is 3.21. The van der Waals surface area contributed by atoms with Crippen LogP contribution < -0.4 is 4.65 Å². The summed E-state index contributed by atoms with van der Waals surface area (Å²) in [7, 11) is -1.29. The Bertz CT molecular complexity index is 820. The van der Waals surface area contributed by atoms with Gasteiger partial charge >= 0.3 is 19.1 Å². The second-order valence-corrected chi connectivity index (χ2v) is 8.62. The first-order valence-corrected chi connectivity index (χ1v) is 9.92. The van der Waals surface area contributed by atoms with E-state index < -0.39 is 37.1 Å². The summed E-state index contributed by atoms with van der Waals surface area (Å²) in [5.74, 6) is -1.89. The van der Waals surface area contributed by atoms with Crippen molar-refractivity contribution in [1.29, 1.82) is 0 Å². The number of hydrogen-bond donors (Lipinski definition) is 1. The molecule has 7 nitrogen and oxygen atoms in total. The summed E-state index contributed by atoms with van der Waals surface area (Å²) >= 11 is 12.3. The molecule has 1 aromatic carbocycles. The maximum atomic E-state index is 12.6. The van der Waals surface area contributed by atoms with Crippen molar-refractivity contribution in [3.05, 3.63) is 27.2 Å². The van der Waals surface area contributed by atoms with Crippen LogP contribution in [0.5, 0.6) is 5.75 Å².